The first-order valence-corrected chi connectivity index (χ1v) is 11.9. The molecule has 0 heterocycles. The summed E-state index contributed by atoms with van der Waals surface area (Å²) in [6, 6.07) is 11.6. The second-order valence-corrected chi connectivity index (χ2v) is 9.52. The van der Waals surface area contributed by atoms with Crippen LogP contribution in [0.25, 0.3) is 0 Å². The number of nitrogens with one attached hydrogen (secondary N) is 2. The van der Waals surface area contributed by atoms with E-state index in [-0.39, 0.29) is 16.6 Å². The molecule has 0 saturated carbocycles. The number of aryl methyl sites for hydroxylation is 1. The maximum atomic E-state index is 12.5. The minimum Gasteiger partial charge on any atom is -0.484 e. The Morgan fingerprint density at radius 1 is 1.13 bits per heavy atom. The number of nitrogens with zero attached hydrogens (tertiary/aromatic N) is 1. The molecule has 7 nitrogen and oxygen atoms in total. The fourth-order valence-electron chi connectivity index (χ4n) is 2.60. The number of anilines is 1. The zero-order valence-corrected chi connectivity index (χ0v) is 20.2. The standard InChI is InChI=1S/C20H24BrN3O4S2/c1-4-24(5-2)30(26,27)17-9-6-15(7-10-17)22-20(29)23-19(25)13-28-16-8-11-18(21)14(3)12-16/h6-12H,4-5,13H2,1-3H3,(H2,22,23,25,29). The molecule has 10 heteroatoms. The molecule has 2 aromatic carbocycles. The zero-order valence-electron chi connectivity index (χ0n) is 16.9. The van der Waals surface area contributed by atoms with Gasteiger partial charge in [0.1, 0.15) is 5.75 Å². The normalized spacial score (nSPS) is 11.2. The van der Waals surface area contributed by atoms with Gasteiger partial charge in [-0.05, 0) is 67.2 Å². The van der Waals surface area contributed by atoms with Gasteiger partial charge in [-0.2, -0.15) is 4.31 Å². The highest BCUT2D eigenvalue weighted by molar-refractivity contribution is 9.10. The molecular formula is C20H24BrN3O4S2. The van der Waals surface area contributed by atoms with E-state index < -0.39 is 15.9 Å². The molecule has 0 aliphatic carbocycles. The van der Waals surface area contributed by atoms with Crippen LogP contribution >= 0.6 is 28.1 Å². The lowest BCUT2D eigenvalue weighted by Crippen LogP contribution is -2.37. The van der Waals surface area contributed by atoms with Crippen molar-refractivity contribution in [2.24, 2.45) is 0 Å². The molecule has 30 heavy (non-hydrogen) atoms. The number of thiocarbonyl (C=S) groups is 1. The Labute approximate surface area is 191 Å². The van der Waals surface area contributed by atoms with E-state index in [4.69, 9.17) is 17.0 Å². The average Bonchev–Trinajstić information content (AvgIpc) is 2.70. The summed E-state index contributed by atoms with van der Waals surface area (Å²) in [6.07, 6.45) is 0. The summed E-state index contributed by atoms with van der Waals surface area (Å²) in [5, 5.41) is 5.47. The molecule has 2 aromatic rings. The van der Waals surface area contributed by atoms with Crippen LogP contribution < -0.4 is 15.4 Å². The smallest absolute Gasteiger partial charge is 0.264 e. The average molecular weight is 514 g/mol. The first-order chi connectivity index (χ1) is 14.2. The third-order valence-electron chi connectivity index (χ3n) is 4.21. The fourth-order valence-corrected chi connectivity index (χ4v) is 4.54. The van der Waals surface area contributed by atoms with E-state index in [2.05, 4.69) is 26.6 Å². The Kier molecular flexibility index (Phi) is 8.78. The third kappa shape index (κ3) is 6.49. The molecule has 2 rings (SSSR count). The topological polar surface area (TPSA) is 87.7 Å². The Hall–Kier alpha value is -2.01. The monoisotopic (exact) mass is 513 g/mol. The van der Waals surface area contributed by atoms with Gasteiger partial charge in [0.2, 0.25) is 10.0 Å². The minimum atomic E-state index is -3.52. The van der Waals surface area contributed by atoms with Crippen molar-refractivity contribution in [2.45, 2.75) is 25.7 Å². The highest BCUT2D eigenvalue weighted by Crippen LogP contribution is 2.21. The molecular weight excluding hydrogens is 490 g/mol. The van der Waals surface area contributed by atoms with E-state index in [0.717, 1.165) is 10.0 Å². The number of hydrogen-bond donors (Lipinski definition) is 2. The Balaban J connectivity index is 1.89. The lowest BCUT2D eigenvalue weighted by atomic mass is 10.2. The molecule has 0 spiro atoms. The molecule has 162 valence electrons. The van der Waals surface area contributed by atoms with Crippen LogP contribution in [-0.4, -0.2) is 43.4 Å². The summed E-state index contributed by atoms with van der Waals surface area (Å²) in [7, 11) is -3.52. The van der Waals surface area contributed by atoms with Gasteiger partial charge in [0.15, 0.2) is 11.7 Å². The number of amides is 1. The first kappa shape index (κ1) is 24.3. The van der Waals surface area contributed by atoms with Crippen molar-refractivity contribution in [2.75, 3.05) is 25.0 Å². The number of hydrogen-bond acceptors (Lipinski definition) is 5. The summed E-state index contributed by atoms with van der Waals surface area (Å²) >= 11 is 8.54. The van der Waals surface area contributed by atoms with Crippen molar-refractivity contribution in [3.05, 3.63) is 52.5 Å². The summed E-state index contributed by atoms with van der Waals surface area (Å²) < 4.78 is 32.8. The summed E-state index contributed by atoms with van der Waals surface area (Å²) in [4.78, 5) is 12.2. The molecule has 0 atom stereocenters. The Bertz CT molecular complexity index is 1010. The lowest BCUT2D eigenvalue weighted by molar-refractivity contribution is -0.121. The van der Waals surface area contributed by atoms with Crippen LogP contribution in [0.1, 0.15) is 19.4 Å². The van der Waals surface area contributed by atoms with E-state index in [0.29, 0.717) is 24.5 Å². The molecule has 0 radical (unpaired) electrons. The van der Waals surface area contributed by atoms with Gasteiger partial charge in [0.05, 0.1) is 4.90 Å². The number of ether oxygens (including phenoxy) is 1. The SMILES string of the molecule is CCN(CC)S(=O)(=O)c1ccc(NC(=S)NC(=O)COc2ccc(Br)c(C)c2)cc1. The molecule has 0 aromatic heterocycles. The highest BCUT2D eigenvalue weighted by atomic mass is 79.9. The maximum absolute atomic E-state index is 12.5. The van der Waals surface area contributed by atoms with Crippen LogP contribution in [-0.2, 0) is 14.8 Å². The van der Waals surface area contributed by atoms with Crippen molar-refractivity contribution in [3.8, 4) is 5.75 Å². The molecule has 0 aliphatic heterocycles. The maximum Gasteiger partial charge on any atom is 0.264 e. The number of sulfonamides is 1. The number of rotatable bonds is 8. The van der Waals surface area contributed by atoms with Crippen LogP contribution in [0.5, 0.6) is 5.75 Å². The van der Waals surface area contributed by atoms with Crippen LogP contribution in [0.15, 0.2) is 51.8 Å². The summed E-state index contributed by atoms with van der Waals surface area (Å²) in [5.74, 6) is 0.170. The van der Waals surface area contributed by atoms with E-state index in [1.54, 1.807) is 32.0 Å². The van der Waals surface area contributed by atoms with Gasteiger partial charge in [-0.15, -0.1) is 0 Å². The van der Waals surface area contributed by atoms with Gasteiger partial charge in [-0.25, -0.2) is 8.42 Å². The molecule has 0 unspecified atom stereocenters. The number of benzene rings is 2. The van der Waals surface area contributed by atoms with Crippen LogP contribution in [0.3, 0.4) is 0 Å². The minimum absolute atomic E-state index is 0.0925. The second-order valence-electron chi connectivity index (χ2n) is 6.32. The van der Waals surface area contributed by atoms with Crippen molar-refractivity contribution in [1.82, 2.24) is 9.62 Å². The molecule has 0 fully saturated rings. The van der Waals surface area contributed by atoms with Crippen molar-refractivity contribution >= 4 is 54.9 Å². The van der Waals surface area contributed by atoms with Gasteiger partial charge in [-0.3, -0.25) is 10.1 Å². The zero-order chi connectivity index (χ0) is 22.3. The van der Waals surface area contributed by atoms with Gasteiger partial charge in [0, 0.05) is 23.2 Å². The van der Waals surface area contributed by atoms with Crippen LogP contribution in [0.2, 0.25) is 0 Å². The van der Waals surface area contributed by atoms with E-state index >= 15 is 0 Å². The van der Waals surface area contributed by atoms with Gasteiger partial charge in [0.25, 0.3) is 5.91 Å². The van der Waals surface area contributed by atoms with Gasteiger partial charge in [-0.1, -0.05) is 29.8 Å². The van der Waals surface area contributed by atoms with Gasteiger partial charge < -0.3 is 10.1 Å². The molecule has 0 bridgehead atoms. The van der Waals surface area contributed by atoms with Crippen molar-refractivity contribution in [3.63, 3.8) is 0 Å². The van der Waals surface area contributed by atoms with E-state index in [1.807, 2.05) is 19.1 Å². The fraction of sp³-hybridized carbons (Fsp3) is 0.300. The molecule has 0 aliphatic rings. The quantitative estimate of drug-likeness (QED) is 0.523. The van der Waals surface area contributed by atoms with Crippen LogP contribution in [0.4, 0.5) is 5.69 Å². The molecule has 2 N–H and O–H groups in total. The number of carbonyl (C=O) groups is 1. The lowest BCUT2D eigenvalue weighted by Gasteiger charge is -2.18. The Morgan fingerprint density at radius 2 is 1.77 bits per heavy atom. The predicted molar refractivity (Wildman–Crippen MR) is 125 cm³/mol. The van der Waals surface area contributed by atoms with E-state index in [9.17, 15) is 13.2 Å². The number of carbonyl (C=O) groups excluding carboxylic acids is 1. The third-order valence-corrected chi connectivity index (χ3v) is 7.37. The number of halogens is 1. The largest absolute Gasteiger partial charge is 0.484 e. The summed E-state index contributed by atoms with van der Waals surface area (Å²) in [5.41, 5.74) is 1.56. The summed E-state index contributed by atoms with van der Waals surface area (Å²) in [6.45, 7) is 6.12. The van der Waals surface area contributed by atoms with Crippen LogP contribution in [0, 0.1) is 6.92 Å². The Morgan fingerprint density at radius 3 is 2.33 bits per heavy atom. The first-order valence-electron chi connectivity index (χ1n) is 9.27. The molecule has 0 saturated heterocycles. The molecule has 1 amide bonds. The van der Waals surface area contributed by atoms with E-state index in [1.165, 1.54) is 16.4 Å². The predicted octanol–water partition coefficient (Wildman–Crippen LogP) is 3.68. The van der Waals surface area contributed by atoms with Gasteiger partial charge >= 0.3 is 0 Å². The second kappa shape index (κ2) is 10.9. The highest BCUT2D eigenvalue weighted by Gasteiger charge is 2.21. The van der Waals surface area contributed by atoms with Crippen molar-refractivity contribution < 1.29 is 17.9 Å². The van der Waals surface area contributed by atoms with Crippen molar-refractivity contribution in [1.29, 1.82) is 0 Å².